The molecule has 0 radical (unpaired) electrons. The van der Waals surface area contributed by atoms with Gasteiger partial charge in [-0.05, 0) is 18.4 Å². The average molecular weight is 199 g/mol. The summed E-state index contributed by atoms with van der Waals surface area (Å²) in [7, 11) is 0. The quantitative estimate of drug-likeness (QED) is 0.692. The van der Waals surface area contributed by atoms with Gasteiger partial charge in [0.05, 0.1) is 6.61 Å². The first-order valence-electron chi connectivity index (χ1n) is 2.55. The highest BCUT2D eigenvalue weighted by Crippen LogP contribution is 2.07. The van der Waals surface area contributed by atoms with E-state index in [1.165, 1.54) is 0 Å². The zero-order valence-corrected chi connectivity index (χ0v) is 7.33. The Morgan fingerprint density at radius 3 is 2.75 bits per heavy atom. The Hall–Kier alpha value is 0.790. The predicted octanol–water partition coefficient (Wildman–Crippen LogP) is 1.50. The topological polar surface area (TPSA) is 20.2 Å². The van der Waals surface area contributed by atoms with Gasteiger partial charge in [0, 0.05) is 4.83 Å². The van der Waals surface area contributed by atoms with Crippen molar-refractivity contribution in [1.82, 2.24) is 0 Å². The lowest BCUT2D eigenvalue weighted by Gasteiger charge is -2.01. The van der Waals surface area contributed by atoms with E-state index in [2.05, 4.69) is 22.2 Å². The number of aliphatic hydroxyl groups is 1. The monoisotopic (exact) mass is 198 g/mol. The van der Waals surface area contributed by atoms with Crippen molar-refractivity contribution in [3.05, 3.63) is 0 Å². The molecule has 0 aromatic heterocycles. The second-order valence-electron chi connectivity index (χ2n) is 1.56. The highest BCUT2D eigenvalue weighted by Gasteiger charge is 1.98. The minimum absolute atomic E-state index is 0.251. The van der Waals surface area contributed by atoms with Crippen LogP contribution in [0.1, 0.15) is 6.42 Å². The van der Waals surface area contributed by atoms with Crippen LogP contribution in [0.15, 0.2) is 0 Å². The fourth-order valence-electron chi connectivity index (χ4n) is 0.337. The molecule has 0 saturated carbocycles. The minimum atomic E-state index is 0.251. The van der Waals surface area contributed by atoms with Crippen LogP contribution in [0.5, 0.6) is 0 Å². The lowest BCUT2D eigenvalue weighted by molar-refractivity contribution is 0.295. The molecular weight excluding hydrogens is 188 g/mol. The maximum atomic E-state index is 8.51. The Morgan fingerprint density at radius 1 is 1.75 bits per heavy atom. The Morgan fingerprint density at radius 2 is 2.38 bits per heavy atom. The van der Waals surface area contributed by atoms with Gasteiger partial charge >= 0.3 is 0 Å². The number of halogens is 1. The summed E-state index contributed by atoms with van der Waals surface area (Å²) >= 11 is 5.12. The molecule has 1 N–H and O–H groups in total. The van der Waals surface area contributed by atoms with Gasteiger partial charge in [-0.25, -0.2) is 0 Å². The van der Waals surface area contributed by atoms with Gasteiger partial charge < -0.3 is 5.11 Å². The molecule has 8 heavy (non-hydrogen) atoms. The summed E-state index contributed by atoms with van der Waals surface area (Å²) in [6.45, 7) is 0.251. The maximum Gasteiger partial charge on any atom is 0.0556 e. The molecule has 0 unspecified atom stereocenters. The van der Waals surface area contributed by atoms with Crippen molar-refractivity contribution in [2.45, 2.75) is 11.2 Å². The molecule has 0 bridgehead atoms. The zero-order valence-electron chi connectivity index (χ0n) is 4.93. The largest absolute Gasteiger partial charge is 0.395 e. The van der Waals surface area contributed by atoms with E-state index in [0.717, 1.165) is 12.2 Å². The normalized spacial score (nSPS) is 13.9. The lowest BCUT2D eigenvalue weighted by atomic mass is 10.4. The van der Waals surface area contributed by atoms with Crippen molar-refractivity contribution in [2.24, 2.45) is 0 Å². The van der Waals surface area contributed by atoms with Gasteiger partial charge in [-0.3, -0.25) is 0 Å². The summed E-state index contributed by atoms with van der Waals surface area (Å²) in [6.07, 6.45) is 3.12. The molecule has 0 aromatic carbocycles. The third-order valence-corrected chi connectivity index (χ3v) is 2.22. The third-order valence-electron chi connectivity index (χ3n) is 0.833. The van der Waals surface area contributed by atoms with E-state index in [1.807, 2.05) is 0 Å². The summed E-state index contributed by atoms with van der Waals surface area (Å²) < 4.78 is 0. The summed E-state index contributed by atoms with van der Waals surface area (Å²) in [5.41, 5.74) is 0. The first-order chi connectivity index (χ1) is 3.81. The Labute approximate surface area is 63.0 Å². The average Bonchev–Trinajstić information content (AvgIpc) is 1.83. The number of alkyl halides is 1. The number of hydrogen-bond donors (Lipinski definition) is 1. The van der Waals surface area contributed by atoms with Crippen LogP contribution >= 0.6 is 27.7 Å². The van der Waals surface area contributed by atoms with E-state index >= 15 is 0 Å². The van der Waals surface area contributed by atoms with Gasteiger partial charge in [0.1, 0.15) is 0 Å². The van der Waals surface area contributed by atoms with Crippen molar-refractivity contribution < 1.29 is 5.11 Å². The van der Waals surface area contributed by atoms with Crippen LogP contribution in [0, 0.1) is 0 Å². The first kappa shape index (κ1) is 8.79. The fraction of sp³-hybridized carbons (Fsp3) is 1.00. The Kier molecular flexibility index (Phi) is 6.50. The van der Waals surface area contributed by atoms with Crippen molar-refractivity contribution >= 4 is 27.7 Å². The number of rotatable bonds is 4. The van der Waals surface area contributed by atoms with Gasteiger partial charge in [0.25, 0.3) is 0 Å². The van der Waals surface area contributed by atoms with Crippen LogP contribution in [0.25, 0.3) is 0 Å². The van der Waals surface area contributed by atoms with Crippen molar-refractivity contribution in [2.75, 3.05) is 18.6 Å². The molecule has 0 amide bonds. The SMILES string of the molecule is CSCC[C@H](Br)CO. The molecule has 0 spiro atoms. The Bertz CT molecular complexity index is 51.7. The highest BCUT2D eigenvalue weighted by atomic mass is 79.9. The van der Waals surface area contributed by atoms with E-state index in [4.69, 9.17) is 5.11 Å². The third kappa shape index (κ3) is 4.94. The molecule has 0 rings (SSSR count). The number of thioether (sulfide) groups is 1. The van der Waals surface area contributed by atoms with E-state index in [1.54, 1.807) is 11.8 Å². The molecule has 3 heteroatoms. The molecule has 0 fully saturated rings. The second kappa shape index (κ2) is 5.92. The van der Waals surface area contributed by atoms with Crippen LogP contribution in [0.4, 0.5) is 0 Å². The minimum Gasteiger partial charge on any atom is -0.395 e. The van der Waals surface area contributed by atoms with Crippen LogP contribution < -0.4 is 0 Å². The van der Waals surface area contributed by atoms with Crippen LogP contribution in [-0.4, -0.2) is 28.5 Å². The zero-order chi connectivity index (χ0) is 6.41. The molecule has 1 nitrogen and oxygen atoms in total. The fourth-order valence-corrected chi connectivity index (χ4v) is 1.39. The number of hydrogen-bond acceptors (Lipinski definition) is 2. The van der Waals surface area contributed by atoms with Gasteiger partial charge in [-0.15, -0.1) is 0 Å². The van der Waals surface area contributed by atoms with Gasteiger partial charge in [0.15, 0.2) is 0 Å². The maximum absolute atomic E-state index is 8.51. The molecule has 0 saturated heterocycles. The van der Waals surface area contributed by atoms with E-state index in [9.17, 15) is 0 Å². The molecule has 0 aliphatic rings. The van der Waals surface area contributed by atoms with Gasteiger partial charge in [-0.1, -0.05) is 15.9 Å². The Balaban J connectivity index is 2.86. The van der Waals surface area contributed by atoms with Crippen molar-refractivity contribution in [1.29, 1.82) is 0 Å². The molecule has 1 atom stereocenters. The second-order valence-corrected chi connectivity index (χ2v) is 3.84. The van der Waals surface area contributed by atoms with Crippen molar-refractivity contribution in [3.63, 3.8) is 0 Å². The smallest absolute Gasteiger partial charge is 0.0556 e. The van der Waals surface area contributed by atoms with Crippen LogP contribution in [-0.2, 0) is 0 Å². The van der Waals surface area contributed by atoms with Crippen LogP contribution in [0.2, 0.25) is 0 Å². The summed E-state index contributed by atoms with van der Waals surface area (Å²) in [4.78, 5) is 0.301. The molecule has 0 aromatic rings. The molecule has 0 aliphatic carbocycles. The standard InChI is InChI=1S/C5H11BrOS/c1-8-3-2-5(6)4-7/h5,7H,2-4H2,1H3/t5-/m0/s1. The predicted molar refractivity (Wildman–Crippen MR) is 42.8 cm³/mol. The molecular formula is C5H11BrOS. The van der Waals surface area contributed by atoms with E-state index < -0.39 is 0 Å². The molecule has 0 aliphatic heterocycles. The van der Waals surface area contributed by atoms with E-state index in [0.29, 0.717) is 4.83 Å². The summed E-state index contributed by atoms with van der Waals surface area (Å²) in [5, 5.41) is 8.51. The first-order valence-corrected chi connectivity index (χ1v) is 4.86. The lowest BCUT2D eigenvalue weighted by Crippen LogP contribution is -2.04. The summed E-state index contributed by atoms with van der Waals surface area (Å²) in [6, 6.07) is 0. The number of aliphatic hydroxyl groups excluding tert-OH is 1. The van der Waals surface area contributed by atoms with Gasteiger partial charge in [-0.2, -0.15) is 11.8 Å². The van der Waals surface area contributed by atoms with Gasteiger partial charge in [0.2, 0.25) is 0 Å². The van der Waals surface area contributed by atoms with Crippen molar-refractivity contribution in [3.8, 4) is 0 Å². The highest BCUT2D eigenvalue weighted by molar-refractivity contribution is 9.09. The van der Waals surface area contributed by atoms with Crippen LogP contribution in [0.3, 0.4) is 0 Å². The molecule has 50 valence electrons. The summed E-state index contributed by atoms with van der Waals surface area (Å²) in [5.74, 6) is 1.12. The molecule has 0 heterocycles. The van der Waals surface area contributed by atoms with E-state index in [-0.39, 0.29) is 6.61 Å².